The summed E-state index contributed by atoms with van der Waals surface area (Å²) in [5, 5.41) is 7.51. The number of hydrogen-bond acceptors (Lipinski definition) is 6. The topological polar surface area (TPSA) is 103 Å². The number of hydrogen-bond donors (Lipinski definition) is 2. The molecule has 8 heteroatoms. The number of carbonyl (C=O) groups is 1. The van der Waals surface area contributed by atoms with Crippen molar-refractivity contribution in [3.63, 3.8) is 0 Å². The van der Waals surface area contributed by atoms with Gasteiger partial charge in [-0.1, -0.05) is 30.6 Å². The van der Waals surface area contributed by atoms with Crippen LogP contribution in [0.1, 0.15) is 46.0 Å². The molecule has 0 radical (unpaired) electrons. The zero-order chi connectivity index (χ0) is 19.8. The van der Waals surface area contributed by atoms with E-state index in [9.17, 15) is 4.79 Å². The second-order valence-electron chi connectivity index (χ2n) is 7.50. The zero-order valence-electron chi connectivity index (χ0n) is 16.0. The van der Waals surface area contributed by atoms with Crippen LogP contribution in [-0.4, -0.2) is 34.3 Å². The van der Waals surface area contributed by atoms with Crippen molar-refractivity contribution in [2.45, 2.75) is 51.8 Å². The molecule has 1 aliphatic rings. The fraction of sp³-hybridized carbons (Fsp3) is 0.526. The first-order valence-electron chi connectivity index (χ1n) is 9.00. The summed E-state index contributed by atoms with van der Waals surface area (Å²) in [6.07, 6.45) is 0.449. The lowest BCUT2D eigenvalue weighted by molar-refractivity contribution is -0.171. The molecule has 1 fully saturated rings. The minimum atomic E-state index is -0.996. The number of amides is 1. The smallest absolute Gasteiger partial charge is 0.257 e. The molecule has 146 valence electrons. The average molecular weight is 393 g/mol. The van der Waals surface area contributed by atoms with E-state index >= 15 is 0 Å². The second-order valence-corrected chi connectivity index (χ2v) is 7.94. The number of aromatic nitrogens is 2. The molecule has 7 nitrogen and oxygen atoms in total. The largest absolute Gasteiger partial charge is 0.378 e. The summed E-state index contributed by atoms with van der Waals surface area (Å²) < 4.78 is 11.0. The summed E-state index contributed by atoms with van der Waals surface area (Å²) in [7, 11) is 0. The molecule has 2 aromatic rings. The van der Waals surface area contributed by atoms with Crippen molar-refractivity contribution in [1.29, 1.82) is 0 Å². The van der Waals surface area contributed by atoms with Gasteiger partial charge in [0.15, 0.2) is 5.82 Å². The summed E-state index contributed by atoms with van der Waals surface area (Å²) in [6.45, 7) is 8.23. The molecule has 3 rings (SSSR count). The molecule has 1 aromatic heterocycles. The first kappa shape index (κ1) is 19.8. The molecule has 1 aromatic carbocycles. The van der Waals surface area contributed by atoms with E-state index < -0.39 is 17.0 Å². The Balaban J connectivity index is 1.68. The number of nitrogens with one attached hydrogen (secondary N) is 1. The van der Waals surface area contributed by atoms with Crippen LogP contribution >= 0.6 is 11.6 Å². The minimum Gasteiger partial charge on any atom is -0.378 e. The van der Waals surface area contributed by atoms with Crippen LogP contribution in [0.3, 0.4) is 0 Å². The Bertz CT molecular complexity index is 821. The van der Waals surface area contributed by atoms with E-state index in [1.165, 1.54) is 0 Å². The van der Waals surface area contributed by atoms with Crippen LogP contribution in [0.2, 0.25) is 5.02 Å². The molecule has 0 bridgehead atoms. The SMILES string of the molecule is CCOC1CC(N)(C(=O)NC(C)c2noc(-c3ccc(Cl)cc3)n2)C1(C)C. The van der Waals surface area contributed by atoms with Gasteiger partial charge in [-0.05, 0) is 38.1 Å². The number of benzene rings is 1. The van der Waals surface area contributed by atoms with Crippen LogP contribution in [-0.2, 0) is 9.53 Å². The monoisotopic (exact) mass is 392 g/mol. The molecule has 0 spiro atoms. The summed E-state index contributed by atoms with van der Waals surface area (Å²) in [4.78, 5) is 17.2. The van der Waals surface area contributed by atoms with Gasteiger partial charge in [0, 0.05) is 29.0 Å². The van der Waals surface area contributed by atoms with E-state index in [0.717, 1.165) is 5.56 Å². The van der Waals surface area contributed by atoms with E-state index in [-0.39, 0.29) is 12.0 Å². The molecular formula is C19H25ClN4O3. The highest BCUT2D eigenvalue weighted by atomic mass is 35.5. The summed E-state index contributed by atoms with van der Waals surface area (Å²) >= 11 is 5.89. The fourth-order valence-electron chi connectivity index (χ4n) is 3.33. The molecule has 1 heterocycles. The van der Waals surface area contributed by atoms with Crippen molar-refractivity contribution < 1.29 is 14.1 Å². The van der Waals surface area contributed by atoms with Crippen LogP contribution < -0.4 is 11.1 Å². The third-order valence-electron chi connectivity index (χ3n) is 5.50. The molecular weight excluding hydrogens is 368 g/mol. The van der Waals surface area contributed by atoms with Gasteiger partial charge in [0.1, 0.15) is 5.54 Å². The maximum atomic E-state index is 12.8. The van der Waals surface area contributed by atoms with Crippen LogP contribution in [0, 0.1) is 5.41 Å². The van der Waals surface area contributed by atoms with E-state index in [2.05, 4.69) is 15.5 Å². The van der Waals surface area contributed by atoms with Gasteiger partial charge in [-0.15, -0.1) is 0 Å². The number of nitrogens with zero attached hydrogens (tertiary/aromatic N) is 2. The molecule has 3 unspecified atom stereocenters. The maximum absolute atomic E-state index is 12.8. The van der Waals surface area contributed by atoms with Crippen LogP contribution in [0.25, 0.3) is 11.5 Å². The predicted molar refractivity (Wildman–Crippen MR) is 102 cm³/mol. The first-order chi connectivity index (χ1) is 12.7. The van der Waals surface area contributed by atoms with E-state index in [4.69, 9.17) is 26.6 Å². The Labute approximate surface area is 163 Å². The van der Waals surface area contributed by atoms with Crippen molar-refractivity contribution in [3.05, 3.63) is 35.1 Å². The van der Waals surface area contributed by atoms with Crippen LogP contribution in [0.4, 0.5) is 0 Å². The third kappa shape index (κ3) is 3.47. The highest BCUT2D eigenvalue weighted by molar-refractivity contribution is 6.30. The van der Waals surface area contributed by atoms with Gasteiger partial charge in [-0.2, -0.15) is 4.98 Å². The van der Waals surface area contributed by atoms with Gasteiger partial charge in [-0.25, -0.2) is 0 Å². The zero-order valence-corrected chi connectivity index (χ0v) is 16.7. The van der Waals surface area contributed by atoms with Gasteiger partial charge < -0.3 is 20.3 Å². The van der Waals surface area contributed by atoms with Gasteiger partial charge in [0.25, 0.3) is 5.89 Å². The van der Waals surface area contributed by atoms with Crippen molar-refractivity contribution in [1.82, 2.24) is 15.5 Å². The molecule has 0 saturated heterocycles. The third-order valence-corrected chi connectivity index (χ3v) is 5.75. The first-order valence-corrected chi connectivity index (χ1v) is 9.38. The molecule has 1 aliphatic carbocycles. The molecule has 1 amide bonds. The van der Waals surface area contributed by atoms with Gasteiger partial charge in [-0.3, -0.25) is 4.79 Å². The van der Waals surface area contributed by atoms with Crippen molar-refractivity contribution in [2.75, 3.05) is 6.61 Å². The average Bonchev–Trinajstić information content (AvgIpc) is 3.12. The summed E-state index contributed by atoms with van der Waals surface area (Å²) in [6, 6.07) is 6.64. The normalized spacial score (nSPS) is 24.9. The molecule has 27 heavy (non-hydrogen) atoms. The lowest BCUT2D eigenvalue weighted by atomic mass is 9.54. The van der Waals surface area contributed by atoms with Gasteiger partial charge in [0.05, 0.1) is 12.1 Å². The van der Waals surface area contributed by atoms with E-state index in [1.54, 1.807) is 31.2 Å². The van der Waals surface area contributed by atoms with E-state index in [0.29, 0.717) is 29.8 Å². The standard InChI is InChI=1S/C19H25ClN4O3/c1-5-26-14-10-19(21,18(14,3)4)17(25)22-11(2)15-23-16(27-24-15)12-6-8-13(20)9-7-12/h6-9,11,14H,5,10,21H2,1-4H3,(H,22,25). The molecule has 3 N–H and O–H groups in total. The second kappa shape index (κ2) is 7.22. The summed E-state index contributed by atoms with van der Waals surface area (Å²) in [5.74, 6) is 0.509. The number of ether oxygens (including phenoxy) is 1. The molecule has 0 aliphatic heterocycles. The number of carbonyl (C=O) groups excluding carboxylic acids is 1. The van der Waals surface area contributed by atoms with Gasteiger partial charge in [0.2, 0.25) is 5.91 Å². The Morgan fingerprint density at radius 2 is 2.11 bits per heavy atom. The highest BCUT2D eigenvalue weighted by Crippen LogP contribution is 2.50. The number of halogens is 1. The fourth-order valence-corrected chi connectivity index (χ4v) is 3.46. The Morgan fingerprint density at radius 1 is 1.44 bits per heavy atom. The van der Waals surface area contributed by atoms with Crippen LogP contribution in [0.15, 0.2) is 28.8 Å². The minimum absolute atomic E-state index is 0.0322. The quantitative estimate of drug-likeness (QED) is 0.782. The Morgan fingerprint density at radius 3 is 2.70 bits per heavy atom. The van der Waals surface area contributed by atoms with Crippen molar-refractivity contribution in [3.8, 4) is 11.5 Å². The van der Waals surface area contributed by atoms with Crippen molar-refractivity contribution in [2.24, 2.45) is 11.1 Å². The lowest BCUT2D eigenvalue weighted by Gasteiger charge is -2.57. The van der Waals surface area contributed by atoms with Crippen molar-refractivity contribution >= 4 is 17.5 Å². The summed E-state index contributed by atoms with van der Waals surface area (Å²) in [5.41, 5.74) is 5.71. The number of rotatable bonds is 6. The van der Waals surface area contributed by atoms with Gasteiger partial charge >= 0.3 is 0 Å². The number of nitrogens with two attached hydrogens (primary N) is 1. The highest BCUT2D eigenvalue weighted by Gasteiger charge is 2.63. The van der Waals surface area contributed by atoms with E-state index in [1.807, 2.05) is 20.8 Å². The predicted octanol–water partition coefficient (Wildman–Crippen LogP) is 3.10. The Kier molecular flexibility index (Phi) is 5.29. The lowest BCUT2D eigenvalue weighted by Crippen LogP contribution is -2.75. The van der Waals surface area contributed by atoms with Crippen LogP contribution in [0.5, 0.6) is 0 Å². The molecule has 1 saturated carbocycles. The maximum Gasteiger partial charge on any atom is 0.257 e. The molecule has 3 atom stereocenters. The Hall–Kier alpha value is -1.96.